The highest BCUT2D eigenvalue weighted by Gasteiger charge is 2.37. The summed E-state index contributed by atoms with van der Waals surface area (Å²) in [6, 6.07) is 0. The molecule has 2 nitrogen and oxygen atoms in total. The van der Waals surface area contributed by atoms with Gasteiger partial charge < -0.3 is 10.0 Å². The van der Waals surface area contributed by atoms with Gasteiger partial charge >= 0.3 is 0 Å². The number of nitrogens with zero attached hydrogens (tertiary/aromatic N) is 1. The van der Waals surface area contributed by atoms with E-state index in [0.717, 1.165) is 24.3 Å². The Labute approximate surface area is 92.0 Å². The van der Waals surface area contributed by atoms with Gasteiger partial charge in [-0.25, -0.2) is 0 Å². The maximum atomic E-state index is 9.11. The van der Waals surface area contributed by atoms with Gasteiger partial charge in [0.1, 0.15) is 0 Å². The van der Waals surface area contributed by atoms with Crippen LogP contribution < -0.4 is 0 Å². The van der Waals surface area contributed by atoms with Crippen LogP contribution in [0.3, 0.4) is 0 Å². The van der Waals surface area contributed by atoms with Gasteiger partial charge in [-0.1, -0.05) is 12.2 Å². The van der Waals surface area contributed by atoms with Crippen LogP contribution in [0.5, 0.6) is 0 Å². The van der Waals surface area contributed by atoms with Gasteiger partial charge in [-0.15, -0.1) is 0 Å². The molecule has 2 fully saturated rings. The van der Waals surface area contributed by atoms with Crippen LogP contribution in [0.25, 0.3) is 0 Å². The number of likely N-dealkylation sites (tertiary alicyclic amines) is 1. The van der Waals surface area contributed by atoms with Gasteiger partial charge in [0.05, 0.1) is 0 Å². The van der Waals surface area contributed by atoms with Crippen molar-refractivity contribution in [1.82, 2.24) is 4.90 Å². The fourth-order valence-electron chi connectivity index (χ4n) is 3.66. The minimum absolute atomic E-state index is 0.382. The summed E-state index contributed by atoms with van der Waals surface area (Å²) in [5, 5.41) is 9.11. The Kier molecular flexibility index (Phi) is 2.57. The highest BCUT2D eigenvalue weighted by atomic mass is 16.3. The highest BCUT2D eigenvalue weighted by molar-refractivity contribution is 5.10. The van der Waals surface area contributed by atoms with Crippen molar-refractivity contribution >= 4 is 0 Å². The predicted octanol–water partition coefficient (Wildman–Crippen LogP) is 1.51. The molecule has 2 bridgehead atoms. The lowest BCUT2D eigenvalue weighted by molar-refractivity contribution is 0.207. The molecule has 0 aromatic rings. The molecule has 3 rings (SSSR count). The number of aliphatic hydroxyl groups is 1. The summed E-state index contributed by atoms with van der Waals surface area (Å²) in [6.45, 7) is 4.01. The fourth-order valence-corrected chi connectivity index (χ4v) is 3.66. The quantitative estimate of drug-likeness (QED) is 0.709. The molecule has 2 aliphatic carbocycles. The average Bonchev–Trinajstić information content (AvgIpc) is 2.92. The van der Waals surface area contributed by atoms with E-state index in [-0.39, 0.29) is 0 Å². The molecule has 0 radical (unpaired) electrons. The number of allylic oxidation sites excluding steroid dienone is 2. The first-order valence-electron chi connectivity index (χ1n) is 6.36. The van der Waals surface area contributed by atoms with E-state index >= 15 is 0 Å². The van der Waals surface area contributed by atoms with Crippen molar-refractivity contribution in [3.8, 4) is 0 Å². The highest BCUT2D eigenvalue weighted by Crippen LogP contribution is 2.43. The third-order valence-corrected chi connectivity index (χ3v) is 4.54. The Morgan fingerprint density at radius 3 is 2.80 bits per heavy atom. The van der Waals surface area contributed by atoms with Crippen LogP contribution >= 0.6 is 0 Å². The monoisotopic (exact) mass is 207 g/mol. The fraction of sp³-hybridized carbons (Fsp3) is 0.846. The minimum atomic E-state index is 0.382. The first kappa shape index (κ1) is 9.86. The van der Waals surface area contributed by atoms with Crippen molar-refractivity contribution in [3.05, 3.63) is 12.2 Å². The lowest BCUT2D eigenvalue weighted by atomic mass is 9.93. The van der Waals surface area contributed by atoms with Crippen molar-refractivity contribution in [2.24, 2.45) is 23.7 Å². The van der Waals surface area contributed by atoms with Crippen molar-refractivity contribution in [1.29, 1.82) is 0 Å². The van der Waals surface area contributed by atoms with Gasteiger partial charge in [-0.05, 0) is 49.5 Å². The largest absolute Gasteiger partial charge is 0.396 e. The molecule has 0 amide bonds. The standard InChI is InChI=1S/C13H21NO/c15-9-11-3-4-14(7-11)8-13-6-10-1-2-12(13)5-10/h1-2,10-13,15H,3-9H2. The van der Waals surface area contributed by atoms with Gasteiger partial charge in [-0.2, -0.15) is 0 Å². The summed E-state index contributed by atoms with van der Waals surface area (Å²) in [7, 11) is 0. The van der Waals surface area contributed by atoms with E-state index in [1.807, 2.05) is 0 Å². The van der Waals surface area contributed by atoms with Crippen LogP contribution in [0, 0.1) is 23.7 Å². The topological polar surface area (TPSA) is 23.5 Å². The lowest BCUT2D eigenvalue weighted by Gasteiger charge is -2.24. The minimum Gasteiger partial charge on any atom is -0.396 e. The number of aliphatic hydroxyl groups excluding tert-OH is 1. The van der Waals surface area contributed by atoms with E-state index in [2.05, 4.69) is 17.1 Å². The van der Waals surface area contributed by atoms with Crippen molar-refractivity contribution < 1.29 is 5.11 Å². The molecule has 1 aliphatic heterocycles. The molecule has 1 saturated heterocycles. The van der Waals surface area contributed by atoms with Crippen LogP contribution in [0.2, 0.25) is 0 Å². The second-order valence-corrected chi connectivity index (χ2v) is 5.64. The molecule has 1 heterocycles. The number of hydrogen-bond acceptors (Lipinski definition) is 2. The van der Waals surface area contributed by atoms with Crippen LogP contribution in [0.1, 0.15) is 19.3 Å². The molecule has 0 aromatic heterocycles. The number of rotatable bonds is 3. The van der Waals surface area contributed by atoms with Crippen LogP contribution in [-0.2, 0) is 0 Å². The molecule has 4 atom stereocenters. The van der Waals surface area contributed by atoms with E-state index in [1.165, 1.54) is 32.4 Å². The van der Waals surface area contributed by atoms with E-state index in [4.69, 9.17) is 5.11 Å². The summed E-state index contributed by atoms with van der Waals surface area (Å²) >= 11 is 0. The molecule has 1 N–H and O–H groups in total. The van der Waals surface area contributed by atoms with Crippen LogP contribution in [0.15, 0.2) is 12.2 Å². The van der Waals surface area contributed by atoms with E-state index in [1.54, 1.807) is 0 Å². The van der Waals surface area contributed by atoms with Crippen molar-refractivity contribution in [2.45, 2.75) is 19.3 Å². The van der Waals surface area contributed by atoms with Gasteiger partial charge in [-0.3, -0.25) is 0 Å². The molecule has 0 aromatic carbocycles. The molecule has 84 valence electrons. The zero-order valence-corrected chi connectivity index (χ0v) is 9.31. The molecule has 2 heteroatoms. The van der Waals surface area contributed by atoms with Crippen LogP contribution in [-0.4, -0.2) is 36.2 Å². The first-order valence-corrected chi connectivity index (χ1v) is 6.36. The normalized spacial score (nSPS) is 44.3. The summed E-state index contributed by atoms with van der Waals surface area (Å²) in [5.74, 6) is 3.25. The Morgan fingerprint density at radius 1 is 1.27 bits per heavy atom. The summed E-state index contributed by atoms with van der Waals surface area (Å²) in [4.78, 5) is 2.57. The molecule has 1 saturated carbocycles. The zero-order chi connectivity index (χ0) is 10.3. The third kappa shape index (κ3) is 1.85. The average molecular weight is 207 g/mol. The number of fused-ring (bicyclic) bond motifs is 2. The van der Waals surface area contributed by atoms with Gasteiger partial charge in [0.15, 0.2) is 0 Å². The first-order chi connectivity index (χ1) is 7.35. The zero-order valence-electron chi connectivity index (χ0n) is 9.31. The van der Waals surface area contributed by atoms with Gasteiger partial charge in [0.2, 0.25) is 0 Å². The Morgan fingerprint density at radius 2 is 2.20 bits per heavy atom. The third-order valence-electron chi connectivity index (χ3n) is 4.54. The maximum absolute atomic E-state index is 9.11. The summed E-state index contributed by atoms with van der Waals surface area (Å²) < 4.78 is 0. The predicted molar refractivity (Wildman–Crippen MR) is 60.5 cm³/mol. The smallest absolute Gasteiger partial charge is 0.0471 e. The molecular weight excluding hydrogens is 186 g/mol. The Balaban J connectivity index is 1.52. The Hall–Kier alpha value is -0.340. The second kappa shape index (κ2) is 3.91. The maximum Gasteiger partial charge on any atom is 0.0471 e. The van der Waals surface area contributed by atoms with E-state index in [0.29, 0.717) is 12.5 Å². The van der Waals surface area contributed by atoms with E-state index in [9.17, 15) is 0 Å². The SMILES string of the molecule is OCC1CCN(CC2CC3C=CC2C3)C1. The van der Waals surface area contributed by atoms with Crippen molar-refractivity contribution in [3.63, 3.8) is 0 Å². The molecule has 4 unspecified atom stereocenters. The van der Waals surface area contributed by atoms with Crippen LogP contribution in [0.4, 0.5) is 0 Å². The second-order valence-electron chi connectivity index (χ2n) is 5.64. The Bertz CT molecular complexity index is 263. The number of hydrogen-bond donors (Lipinski definition) is 1. The van der Waals surface area contributed by atoms with Gasteiger partial charge in [0.25, 0.3) is 0 Å². The molecule has 0 spiro atoms. The summed E-state index contributed by atoms with van der Waals surface area (Å²) in [5.41, 5.74) is 0. The summed E-state index contributed by atoms with van der Waals surface area (Å²) in [6.07, 6.45) is 8.90. The molecule has 15 heavy (non-hydrogen) atoms. The molecule has 3 aliphatic rings. The molecular formula is C13H21NO. The van der Waals surface area contributed by atoms with Gasteiger partial charge in [0, 0.05) is 19.7 Å². The van der Waals surface area contributed by atoms with E-state index < -0.39 is 0 Å². The lowest BCUT2D eigenvalue weighted by Crippen LogP contribution is -2.29. The van der Waals surface area contributed by atoms with Crippen molar-refractivity contribution in [2.75, 3.05) is 26.2 Å².